The summed E-state index contributed by atoms with van der Waals surface area (Å²) in [7, 11) is 0. The van der Waals surface area contributed by atoms with Gasteiger partial charge in [-0.1, -0.05) is 42.5 Å². The molecule has 7 rings (SSSR count). The molecular weight excluding hydrogens is 509 g/mol. The second-order valence-corrected chi connectivity index (χ2v) is 10.2. The number of rotatable bonds is 3. The van der Waals surface area contributed by atoms with Crippen LogP contribution in [0.5, 0.6) is 0 Å². The summed E-state index contributed by atoms with van der Waals surface area (Å²) in [5.74, 6) is -3.91. The Balaban J connectivity index is 1.37. The number of carbonyl (C=O) groups excluding carboxylic acids is 3. The standard InChI is InChI=1S/C29H21F3N4O3/c30-29(31,32)16-6-5-7-17(13-16)36-25(37)23-22(12-15-14-33-20-10-3-1-8-18(15)20)35-28(24(23)26(36)38)19-9-2-4-11-21(19)34-27(28)39/h1-11,13-14,22-24,33,35H,12H2,(H,34,39)/t22-,23+,24-,28-/m1/s1. The van der Waals surface area contributed by atoms with Crippen molar-refractivity contribution in [3.8, 4) is 0 Å². The lowest BCUT2D eigenvalue weighted by Gasteiger charge is -2.29. The molecule has 3 amide bonds. The molecule has 3 N–H and O–H groups in total. The lowest BCUT2D eigenvalue weighted by Crippen LogP contribution is -2.53. The van der Waals surface area contributed by atoms with Gasteiger partial charge in [-0.3, -0.25) is 19.7 Å². The molecule has 39 heavy (non-hydrogen) atoms. The minimum absolute atomic E-state index is 0.165. The van der Waals surface area contributed by atoms with Crippen LogP contribution in [0.1, 0.15) is 16.7 Å². The molecule has 0 aliphatic carbocycles. The quantitative estimate of drug-likeness (QED) is 0.343. The number of para-hydroxylation sites is 2. The zero-order valence-corrected chi connectivity index (χ0v) is 20.3. The number of amides is 3. The van der Waals surface area contributed by atoms with Crippen molar-refractivity contribution in [1.29, 1.82) is 0 Å². The molecule has 0 bridgehead atoms. The van der Waals surface area contributed by atoms with Crippen LogP contribution in [0.3, 0.4) is 0 Å². The highest BCUT2D eigenvalue weighted by molar-refractivity contribution is 6.25. The molecule has 3 aliphatic heterocycles. The number of fused-ring (bicyclic) bond motifs is 5. The van der Waals surface area contributed by atoms with Crippen molar-refractivity contribution in [3.05, 3.63) is 95.7 Å². The third kappa shape index (κ3) is 3.24. The summed E-state index contributed by atoms with van der Waals surface area (Å²) in [5.41, 5.74) is 0.189. The number of nitrogens with one attached hydrogen (secondary N) is 3. The van der Waals surface area contributed by atoms with E-state index >= 15 is 0 Å². The lowest BCUT2D eigenvalue weighted by molar-refractivity contribution is -0.137. The highest BCUT2D eigenvalue weighted by atomic mass is 19.4. The number of hydrogen-bond acceptors (Lipinski definition) is 4. The predicted octanol–water partition coefficient (Wildman–Crippen LogP) is 4.35. The van der Waals surface area contributed by atoms with Gasteiger partial charge in [0.05, 0.1) is 23.1 Å². The Bertz CT molecular complexity index is 1700. The van der Waals surface area contributed by atoms with Gasteiger partial charge >= 0.3 is 6.18 Å². The van der Waals surface area contributed by atoms with Gasteiger partial charge in [0.2, 0.25) is 17.7 Å². The maximum absolute atomic E-state index is 14.0. The first kappa shape index (κ1) is 23.7. The van der Waals surface area contributed by atoms with Gasteiger partial charge in [0.25, 0.3) is 0 Å². The molecule has 3 aliphatic rings. The minimum Gasteiger partial charge on any atom is -0.361 e. The highest BCUT2D eigenvalue weighted by Crippen LogP contribution is 2.54. The zero-order chi connectivity index (χ0) is 27.1. The molecule has 0 saturated carbocycles. The van der Waals surface area contributed by atoms with Gasteiger partial charge in [-0.25, -0.2) is 4.90 Å². The monoisotopic (exact) mass is 530 g/mol. The number of H-pyrrole nitrogens is 1. The van der Waals surface area contributed by atoms with Crippen molar-refractivity contribution in [2.24, 2.45) is 11.8 Å². The lowest BCUT2D eigenvalue weighted by atomic mass is 9.76. The number of carbonyl (C=O) groups is 3. The summed E-state index contributed by atoms with van der Waals surface area (Å²) in [5, 5.41) is 7.15. The van der Waals surface area contributed by atoms with Gasteiger partial charge in [-0.2, -0.15) is 13.2 Å². The van der Waals surface area contributed by atoms with E-state index in [1.54, 1.807) is 24.3 Å². The molecule has 4 aromatic rings. The van der Waals surface area contributed by atoms with Gasteiger partial charge in [0, 0.05) is 34.4 Å². The smallest absolute Gasteiger partial charge is 0.361 e. The fourth-order valence-electron chi connectivity index (χ4n) is 6.55. The maximum Gasteiger partial charge on any atom is 0.416 e. The number of aromatic nitrogens is 1. The van der Waals surface area contributed by atoms with Gasteiger partial charge in [-0.15, -0.1) is 0 Å². The summed E-state index contributed by atoms with van der Waals surface area (Å²) in [6.07, 6.45) is -2.50. The normalized spacial score (nSPS) is 26.0. The molecule has 196 valence electrons. The number of alkyl halides is 3. The Morgan fingerprint density at radius 2 is 1.67 bits per heavy atom. The molecule has 0 radical (unpaired) electrons. The molecule has 4 heterocycles. The van der Waals surface area contributed by atoms with Crippen molar-refractivity contribution in [1.82, 2.24) is 10.3 Å². The third-order valence-electron chi connectivity index (χ3n) is 8.17. The Hall–Kier alpha value is -4.44. The Morgan fingerprint density at radius 3 is 2.49 bits per heavy atom. The number of aromatic amines is 1. The Kier molecular flexibility index (Phi) is 4.87. The van der Waals surface area contributed by atoms with E-state index < -0.39 is 52.9 Å². The fourth-order valence-corrected chi connectivity index (χ4v) is 6.55. The van der Waals surface area contributed by atoms with Crippen LogP contribution < -0.4 is 15.5 Å². The first-order chi connectivity index (χ1) is 18.7. The largest absolute Gasteiger partial charge is 0.416 e. The van der Waals surface area contributed by atoms with Crippen LogP contribution in [0, 0.1) is 11.8 Å². The van der Waals surface area contributed by atoms with Crippen LogP contribution in [0.2, 0.25) is 0 Å². The van der Waals surface area contributed by atoms with Crippen LogP contribution in [0.4, 0.5) is 24.5 Å². The van der Waals surface area contributed by atoms with Gasteiger partial charge < -0.3 is 10.3 Å². The van der Waals surface area contributed by atoms with E-state index in [-0.39, 0.29) is 5.69 Å². The van der Waals surface area contributed by atoms with E-state index in [0.717, 1.165) is 33.5 Å². The van der Waals surface area contributed by atoms with Gasteiger partial charge in [0.15, 0.2) is 0 Å². The molecule has 4 atom stereocenters. The minimum atomic E-state index is -4.65. The Labute approximate surface area is 220 Å². The summed E-state index contributed by atoms with van der Waals surface area (Å²) in [6, 6.07) is 18.1. The number of anilines is 2. The molecule has 2 fully saturated rings. The van der Waals surface area contributed by atoms with Gasteiger partial charge in [0.1, 0.15) is 5.54 Å². The van der Waals surface area contributed by atoms with E-state index in [0.29, 0.717) is 17.7 Å². The summed E-state index contributed by atoms with van der Waals surface area (Å²) >= 11 is 0. The van der Waals surface area contributed by atoms with Crippen LogP contribution >= 0.6 is 0 Å². The predicted molar refractivity (Wildman–Crippen MR) is 137 cm³/mol. The SMILES string of the molecule is O=C1[C@H]2[C@@H](Cc3c[nH]c4ccccc34)N[C@@]3(C(=O)Nc4ccccc43)[C@H]2C(=O)N1c1cccc(C(F)(F)F)c1. The van der Waals surface area contributed by atoms with Crippen molar-refractivity contribution >= 4 is 40.0 Å². The van der Waals surface area contributed by atoms with E-state index in [4.69, 9.17) is 0 Å². The number of hydrogen-bond donors (Lipinski definition) is 3. The summed E-state index contributed by atoms with van der Waals surface area (Å²) < 4.78 is 40.5. The molecule has 3 aromatic carbocycles. The van der Waals surface area contributed by atoms with E-state index in [9.17, 15) is 27.6 Å². The molecule has 1 aromatic heterocycles. The van der Waals surface area contributed by atoms with E-state index in [1.807, 2.05) is 30.5 Å². The van der Waals surface area contributed by atoms with Crippen LogP contribution in [0.15, 0.2) is 79.0 Å². The summed E-state index contributed by atoms with van der Waals surface area (Å²) in [4.78, 5) is 45.7. The van der Waals surface area contributed by atoms with E-state index in [1.165, 1.54) is 12.1 Å². The van der Waals surface area contributed by atoms with Crippen LogP contribution in [-0.2, 0) is 32.5 Å². The number of imide groups is 1. The molecule has 1 spiro atoms. The van der Waals surface area contributed by atoms with Crippen LogP contribution in [-0.4, -0.2) is 28.7 Å². The molecule has 10 heteroatoms. The number of nitrogens with zero attached hydrogens (tertiary/aromatic N) is 1. The molecule has 0 unspecified atom stereocenters. The van der Waals surface area contributed by atoms with Crippen molar-refractivity contribution in [2.45, 2.75) is 24.2 Å². The van der Waals surface area contributed by atoms with Crippen molar-refractivity contribution in [3.63, 3.8) is 0 Å². The van der Waals surface area contributed by atoms with Gasteiger partial charge in [-0.05, 0) is 42.3 Å². The van der Waals surface area contributed by atoms with Crippen molar-refractivity contribution < 1.29 is 27.6 Å². The number of benzene rings is 3. The average Bonchev–Trinajstić information content (AvgIpc) is 3.62. The topological polar surface area (TPSA) is 94.3 Å². The maximum atomic E-state index is 14.0. The van der Waals surface area contributed by atoms with Crippen molar-refractivity contribution in [2.75, 3.05) is 10.2 Å². The first-order valence-electron chi connectivity index (χ1n) is 12.5. The molecule has 7 nitrogen and oxygen atoms in total. The number of halogens is 3. The third-order valence-corrected chi connectivity index (χ3v) is 8.17. The molecule has 2 saturated heterocycles. The van der Waals surface area contributed by atoms with E-state index in [2.05, 4.69) is 15.6 Å². The Morgan fingerprint density at radius 1 is 0.897 bits per heavy atom. The second kappa shape index (κ2) is 8.03. The fraction of sp³-hybridized carbons (Fsp3) is 0.207. The first-order valence-corrected chi connectivity index (χ1v) is 12.5. The molecular formula is C29H21F3N4O3. The zero-order valence-electron chi connectivity index (χ0n) is 20.3. The highest BCUT2D eigenvalue weighted by Gasteiger charge is 2.70. The average molecular weight is 531 g/mol. The second-order valence-electron chi connectivity index (χ2n) is 10.2. The summed E-state index contributed by atoms with van der Waals surface area (Å²) in [6.45, 7) is 0. The van der Waals surface area contributed by atoms with Crippen LogP contribution in [0.25, 0.3) is 10.9 Å².